The highest BCUT2D eigenvalue weighted by molar-refractivity contribution is 5.40. The summed E-state index contributed by atoms with van der Waals surface area (Å²) < 4.78 is 19.1. The largest absolute Gasteiger partial charge is 0.376 e. The van der Waals surface area contributed by atoms with Gasteiger partial charge >= 0.3 is 0 Å². The molecule has 0 aliphatic heterocycles. The molecule has 0 saturated heterocycles. The van der Waals surface area contributed by atoms with Gasteiger partial charge in [0.25, 0.3) is 0 Å². The Morgan fingerprint density at radius 3 is 2.94 bits per heavy atom. The fourth-order valence-corrected chi connectivity index (χ4v) is 2.06. The van der Waals surface area contributed by atoms with Crippen molar-refractivity contribution >= 4 is 11.8 Å². The number of hydrogen-bond donors (Lipinski definition) is 2. The Morgan fingerprint density at radius 2 is 2.22 bits per heavy atom. The Morgan fingerprint density at radius 1 is 1.44 bits per heavy atom. The number of ether oxygens (including phenoxy) is 1. The number of anilines is 2. The second-order valence-electron chi connectivity index (χ2n) is 4.34. The van der Waals surface area contributed by atoms with E-state index < -0.39 is 5.82 Å². The Hall–Kier alpha value is -1.43. The van der Waals surface area contributed by atoms with E-state index in [2.05, 4.69) is 20.6 Å². The van der Waals surface area contributed by atoms with Crippen LogP contribution in [0.15, 0.2) is 6.20 Å². The molecule has 18 heavy (non-hydrogen) atoms. The van der Waals surface area contributed by atoms with Gasteiger partial charge in [0.1, 0.15) is 0 Å². The van der Waals surface area contributed by atoms with Crippen LogP contribution in [-0.2, 0) is 4.74 Å². The molecule has 1 aliphatic rings. The van der Waals surface area contributed by atoms with Crippen molar-refractivity contribution in [3.63, 3.8) is 0 Å². The minimum atomic E-state index is -0.449. The Balaban J connectivity index is 1.75. The summed E-state index contributed by atoms with van der Waals surface area (Å²) >= 11 is 0. The van der Waals surface area contributed by atoms with Crippen molar-refractivity contribution in [1.82, 2.24) is 9.97 Å². The number of aromatic nitrogens is 2. The van der Waals surface area contributed by atoms with Crippen molar-refractivity contribution in [1.29, 1.82) is 0 Å². The smallest absolute Gasteiger partial charge is 0.224 e. The molecule has 6 heteroatoms. The van der Waals surface area contributed by atoms with E-state index in [4.69, 9.17) is 4.74 Å². The van der Waals surface area contributed by atoms with Crippen LogP contribution < -0.4 is 10.6 Å². The SMILES string of the molecule is CNc1ncc(F)c(NCCOC2CCCC2)n1. The van der Waals surface area contributed by atoms with Gasteiger partial charge < -0.3 is 15.4 Å². The van der Waals surface area contributed by atoms with Gasteiger partial charge in [-0.05, 0) is 12.8 Å². The molecule has 1 heterocycles. The zero-order valence-corrected chi connectivity index (χ0v) is 10.6. The maximum absolute atomic E-state index is 13.4. The molecule has 1 fully saturated rings. The first-order valence-corrected chi connectivity index (χ1v) is 6.35. The van der Waals surface area contributed by atoms with Gasteiger partial charge in [-0.25, -0.2) is 9.37 Å². The van der Waals surface area contributed by atoms with E-state index in [1.54, 1.807) is 7.05 Å². The van der Waals surface area contributed by atoms with Crippen LogP contribution in [0.4, 0.5) is 16.2 Å². The first-order valence-electron chi connectivity index (χ1n) is 6.35. The number of halogens is 1. The fourth-order valence-electron chi connectivity index (χ4n) is 2.06. The average molecular weight is 254 g/mol. The topological polar surface area (TPSA) is 59.1 Å². The van der Waals surface area contributed by atoms with E-state index in [1.165, 1.54) is 12.8 Å². The highest BCUT2D eigenvalue weighted by Gasteiger charge is 2.14. The summed E-state index contributed by atoms with van der Waals surface area (Å²) in [4.78, 5) is 7.78. The van der Waals surface area contributed by atoms with Gasteiger partial charge in [-0.1, -0.05) is 12.8 Å². The average Bonchev–Trinajstić information content (AvgIpc) is 2.89. The molecule has 1 aromatic rings. The van der Waals surface area contributed by atoms with E-state index in [1.807, 2.05) is 0 Å². The van der Waals surface area contributed by atoms with E-state index in [9.17, 15) is 4.39 Å². The molecule has 0 unspecified atom stereocenters. The standard InChI is InChI=1S/C12H19FN4O/c1-14-12-16-8-10(13)11(17-12)15-6-7-18-9-4-2-3-5-9/h8-9H,2-7H2,1H3,(H2,14,15,16,17). The van der Waals surface area contributed by atoms with E-state index in [0.717, 1.165) is 19.0 Å². The van der Waals surface area contributed by atoms with E-state index in [0.29, 0.717) is 25.2 Å². The van der Waals surface area contributed by atoms with Crippen LogP contribution in [0.2, 0.25) is 0 Å². The maximum atomic E-state index is 13.4. The summed E-state index contributed by atoms with van der Waals surface area (Å²) in [6, 6.07) is 0. The summed E-state index contributed by atoms with van der Waals surface area (Å²) in [5.41, 5.74) is 0. The first kappa shape index (κ1) is 13.0. The third kappa shape index (κ3) is 3.53. The molecule has 5 nitrogen and oxygen atoms in total. The number of hydrogen-bond acceptors (Lipinski definition) is 5. The summed E-state index contributed by atoms with van der Waals surface area (Å²) in [6.07, 6.45) is 6.33. The Bertz CT molecular complexity index is 382. The van der Waals surface area contributed by atoms with Crippen molar-refractivity contribution < 1.29 is 9.13 Å². The maximum Gasteiger partial charge on any atom is 0.224 e. The van der Waals surface area contributed by atoms with Crippen LogP contribution >= 0.6 is 0 Å². The molecule has 0 atom stereocenters. The third-order valence-corrected chi connectivity index (χ3v) is 3.02. The van der Waals surface area contributed by atoms with Gasteiger partial charge in [-0.2, -0.15) is 4.98 Å². The van der Waals surface area contributed by atoms with E-state index >= 15 is 0 Å². The molecular formula is C12H19FN4O. The zero-order valence-electron chi connectivity index (χ0n) is 10.6. The van der Waals surface area contributed by atoms with Gasteiger partial charge in [0, 0.05) is 13.6 Å². The second kappa shape index (κ2) is 6.49. The molecule has 1 aliphatic carbocycles. The van der Waals surface area contributed by atoms with Gasteiger partial charge in [-0.3, -0.25) is 0 Å². The van der Waals surface area contributed by atoms with Crippen molar-refractivity contribution in [3.8, 4) is 0 Å². The summed E-state index contributed by atoms with van der Waals surface area (Å²) in [5, 5.41) is 5.69. The summed E-state index contributed by atoms with van der Waals surface area (Å²) in [6.45, 7) is 1.12. The monoisotopic (exact) mass is 254 g/mol. The van der Waals surface area contributed by atoms with Gasteiger partial charge in [0.05, 0.1) is 18.9 Å². The number of nitrogens with zero attached hydrogens (tertiary/aromatic N) is 2. The predicted octanol–water partition coefficient (Wildman–Crippen LogP) is 2.03. The van der Waals surface area contributed by atoms with Crippen molar-refractivity contribution in [3.05, 3.63) is 12.0 Å². The summed E-state index contributed by atoms with van der Waals surface area (Å²) in [7, 11) is 1.69. The lowest BCUT2D eigenvalue weighted by atomic mass is 10.3. The normalized spacial score (nSPS) is 15.9. The zero-order chi connectivity index (χ0) is 12.8. The first-order chi connectivity index (χ1) is 8.79. The number of nitrogens with one attached hydrogen (secondary N) is 2. The fraction of sp³-hybridized carbons (Fsp3) is 0.667. The van der Waals surface area contributed by atoms with Gasteiger partial charge in [0.2, 0.25) is 5.95 Å². The molecule has 1 aromatic heterocycles. The number of rotatable bonds is 6. The minimum Gasteiger partial charge on any atom is -0.376 e. The second-order valence-corrected chi connectivity index (χ2v) is 4.34. The lowest BCUT2D eigenvalue weighted by Crippen LogP contribution is -2.16. The lowest BCUT2D eigenvalue weighted by molar-refractivity contribution is 0.0658. The van der Waals surface area contributed by atoms with Gasteiger partial charge in [-0.15, -0.1) is 0 Å². The van der Waals surface area contributed by atoms with Crippen LogP contribution in [0.1, 0.15) is 25.7 Å². The third-order valence-electron chi connectivity index (χ3n) is 3.02. The highest BCUT2D eigenvalue weighted by atomic mass is 19.1. The molecule has 0 radical (unpaired) electrons. The Labute approximate surface area is 106 Å². The highest BCUT2D eigenvalue weighted by Crippen LogP contribution is 2.20. The van der Waals surface area contributed by atoms with Crippen LogP contribution in [0, 0.1) is 5.82 Å². The molecule has 100 valence electrons. The van der Waals surface area contributed by atoms with Gasteiger partial charge in [0.15, 0.2) is 11.6 Å². The van der Waals surface area contributed by atoms with Crippen molar-refractivity contribution in [2.24, 2.45) is 0 Å². The minimum absolute atomic E-state index is 0.212. The van der Waals surface area contributed by atoms with Crippen LogP contribution in [-0.4, -0.2) is 36.3 Å². The van der Waals surface area contributed by atoms with Crippen LogP contribution in [0.25, 0.3) is 0 Å². The summed E-state index contributed by atoms with van der Waals surface area (Å²) in [5.74, 6) is 0.162. The van der Waals surface area contributed by atoms with Crippen LogP contribution in [0.3, 0.4) is 0 Å². The Kier molecular flexibility index (Phi) is 4.69. The molecule has 0 spiro atoms. The predicted molar refractivity (Wildman–Crippen MR) is 68.2 cm³/mol. The molecule has 1 saturated carbocycles. The van der Waals surface area contributed by atoms with Crippen molar-refractivity contribution in [2.75, 3.05) is 30.8 Å². The lowest BCUT2D eigenvalue weighted by Gasteiger charge is -2.12. The molecule has 2 rings (SSSR count). The van der Waals surface area contributed by atoms with Crippen LogP contribution in [0.5, 0.6) is 0 Å². The quantitative estimate of drug-likeness (QED) is 0.761. The van der Waals surface area contributed by atoms with E-state index in [-0.39, 0.29) is 5.82 Å². The molecule has 0 aromatic carbocycles. The molecular weight excluding hydrogens is 235 g/mol. The molecule has 0 bridgehead atoms. The molecule has 0 amide bonds. The van der Waals surface area contributed by atoms with Crippen molar-refractivity contribution in [2.45, 2.75) is 31.8 Å². The molecule has 2 N–H and O–H groups in total.